The molecule has 0 amide bonds. The summed E-state index contributed by atoms with van der Waals surface area (Å²) in [5.74, 6) is 0.373. The van der Waals surface area contributed by atoms with Crippen molar-refractivity contribution in [3.63, 3.8) is 0 Å². The lowest BCUT2D eigenvalue weighted by molar-refractivity contribution is -0.144. The van der Waals surface area contributed by atoms with Gasteiger partial charge < -0.3 is 0 Å². The minimum absolute atomic E-state index is 0.0358. The summed E-state index contributed by atoms with van der Waals surface area (Å²) in [6.45, 7) is 9.36. The maximum atomic E-state index is 14.1. The Morgan fingerprint density at radius 2 is 0.755 bits per heavy atom. The average Bonchev–Trinajstić information content (AvgIpc) is 3.48. The van der Waals surface area contributed by atoms with Crippen LogP contribution in [0.3, 0.4) is 0 Å². The topological polar surface area (TPSA) is 0 Å². The molecule has 0 saturated heterocycles. The van der Waals surface area contributed by atoms with E-state index in [0.717, 1.165) is 32.9 Å². The van der Waals surface area contributed by atoms with Crippen LogP contribution in [0, 0.1) is 33.6 Å². The van der Waals surface area contributed by atoms with Gasteiger partial charge in [-0.05, 0) is 112 Å². The SMILES string of the molecule is Cc1cc(C)cc(P(c2cc(C)cc(C)c2)[C@@H](C)[C]2C=CC=C2P(c2cc(C(F)(F)F)cc(C(F)(F)F)c2)c2cc(C(F)(F)F)cc(C(F)(F)F)c2)c1. The Bertz CT molecular complexity index is 1830. The smallest absolute Gasteiger partial charge is 0.166 e. The summed E-state index contributed by atoms with van der Waals surface area (Å²) < 4.78 is 170. The number of benzene rings is 4. The molecular formula is C39H31F12P2. The molecule has 0 heterocycles. The van der Waals surface area contributed by atoms with Crippen LogP contribution in [0.2, 0.25) is 0 Å². The molecule has 1 radical (unpaired) electrons. The van der Waals surface area contributed by atoms with Crippen LogP contribution in [-0.4, -0.2) is 5.66 Å². The molecule has 0 bridgehead atoms. The van der Waals surface area contributed by atoms with Crippen molar-refractivity contribution >= 4 is 37.1 Å². The van der Waals surface area contributed by atoms with Crippen LogP contribution in [-0.2, 0) is 24.7 Å². The van der Waals surface area contributed by atoms with Crippen molar-refractivity contribution < 1.29 is 52.7 Å². The first-order valence-corrected chi connectivity index (χ1v) is 18.7. The van der Waals surface area contributed by atoms with Gasteiger partial charge >= 0.3 is 24.7 Å². The first kappa shape index (κ1) is 40.6. The number of alkyl halides is 12. The third kappa shape index (κ3) is 9.20. The van der Waals surface area contributed by atoms with Crippen LogP contribution in [0.1, 0.15) is 51.4 Å². The average molecular weight is 790 g/mol. The Labute approximate surface area is 301 Å². The predicted octanol–water partition coefficient (Wildman–Crippen LogP) is 12.0. The predicted molar refractivity (Wildman–Crippen MR) is 187 cm³/mol. The summed E-state index contributed by atoms with van der Waals surface area (Å²) in [5.41, 5.74) is -3.87. The second-order valence-corrected chi connectivity index (χ2v) is 17.7. The van der Waals surface area contributed by atoms with E-state index in [2.05, 4.69) is 0 Å². The molecule has 0 nitrogen and oxygen atoms in total. The van der Waals surface area contributed by atoms with E-state index in [4.69, 9.17) is 0 Å². The van der Waals surface area contributed by atoms with Crippen molar-refractivity contribution in [2.24, 2.45) is 0 Å². The van der Waals surface area contributed by atoms with Gasteiger partial charge in [-0.25, -0.2) is 0 Å². The molecule has 0 spiro atoms. The number of hydrogen-bond donors (Lipinski definition) is 0. The maximum absolute atomic E-state index is 14.1. The molecule has 0 fully saturated rings. The maximum Gasteiger partial charge on any atom is 0.416 e. The zero-order chi connectivity index (χ0) is 39.4. The quantitative estimate of drug-likeness (QED) is 0.129. The van der Waals surface area contributed by atoms with Gasteiger partial charge in [-0.3, -0.25) is 0 Å². The number of hydrogen-bond acceptors (Lipinski definition) is 0. The second kappa shape index (κ2) is 14.6. The van der Waals surface area contributed by atoms with Crippen molar-refractivity contribution in [3.8, 4) is 0 Å². The first-order chi connectivity index (χ1) is 24.3. The van der Waals surface area contributed by atoms with Gasteiger partial charge in [-0.15, -0.1) is 0 Å². The summed E-state index contributed by atoms with van der Waals surface area (Å²) >= 11 is 0. The highest BCUT2D eigenvalue weighted by atomic mass is 31.1. The van der Waals surface area contributed by atoms with Crippen LogP contribution in [0.4, 0.5) is 52.7 Å². The van der Waals surface area contributed by atoms with Crippen LogP contribution in [0.15, 0.2) is 96.3 Å². The Hall–Kier alpha value is -3.62. The first-order valence-electron chi connectivity index (χ1n) is 15.9. The van der Waals surface area contributed by atoms with Crippen molar-refractivity contribution in [1.29, 1.82) is 0 Å². The summed E-state index contributed by atoms with van der Waals surface area (Å²) in [7, 11) is -4.31. The van der Waals surface area contributed by atoms with Crippen LogP contribution in [0.5, 0.6) is 0 Å². The highest BCUT2D eigenvalue weighted by Crippen LogP contribution is 2.58. The lowest BCUT2D eigenvalue weighted by Gasteiger charge is -2.34. The van der Waals surface area contributed by atoms with Gasteiger partial charge in [0.1, 0.15) is 0 Å². The van der Waals surface area contributed by atoms with Gasteiger partial charge in [0, 0.05) is 5.92 Å². The number of halogens is 12. The lowest BCUT2D eigenvalue weighted by Crippen LogP contribution is -2.28. The third-order valence-corrected chi connectivity index (χ3v) is 13.7. The molecule has 0 aliphatic heterocycles. The molecule has 1 aliphatic carbocycles. The van der Waals surface area contributed by atoms with Gasteiger partial charge in [0.05, 0.1) is 22.3 Å². The molecule has 4 aromatic carbocycles. The zero-order valence-electron chi connectivity index (χ0n) is 28.7. The van der Waals surface area contributed by atoms with Crippen molar-refractivity contribution in [3.05, 3.63) is 147 Å². The molecule has 5 rings (SSSR count). The molecule has 1 aliphatic rings. The number of aryl methyl sites for hydroxylation is 4. The summed E-state index contributed by atoms with van der Waals surface area (Å²) in [5, 5.41) is 0.369. The Kier molecular flexibility index (Phi) is 11.1. The summed E-state index contributed by atoms with van der Waals surface area (Å²) in [6.07, 6.45) is -16.9. The minimum Gasteiger partial charge on any atom is -0.166 e. The fourth-order valence-electron chi connectivity index (χ4n) is 6.46. The van der Waals surface area contributed by atoms with Crippen LogP contribution in [0.25, 0.3) is 0 Å². The molecule has 281 valence electrons. The van der Waals surface area contributed by atoms with Crippen molar-refractivity contribution in [1.82, 2.24) is 0 Å². The fourth-order valence-corrected chi connectivity index (χ4v) is 12.3. The summed E-state index contributed by atoms with van der Waals surface area (Å²) in [4.78, 5) is 0. The van der Waals surface area contributed by atoms with E-state index in [9.17, 15) is 52.7 Å². The van der Waals surface area contributed by atoms with Gasteiger partial charge in [0.15, 0.2) is 0 Å². The van der Waals surface area contributed by atoms with Gasteiger partial charge in [0.25, 0.3) is 0 Å². The molecule has 0 saturated carbocycles. The van der Waals surface area contributed by atoms with Gasteiger partial charge in [0.2, 0.25) is 0 Å². The highest BCUT2D eigenvalue weighted by molar-refractivity contribution is 7.77. The molecule has 1 atom stereocenters. The third-order valence-electron chi connectivity index (χ3n) is 8.53. The van der Waals surface area contributed by atoms with Crippen LogP contribution < -0.4 is 21.2 Å². The Morgan fingerprint density at radius 3 is 1.06 bits per heavy atom. The molecule has 0 unspecified atom stereocenters. The largest absolute Gasteiger partial charge is 0.416 e. The van der Waals surface area contributed by atoms with E-state index >= 15 is 0 Å². The van der Waals surface area contributed by atoms with Crippen LogP contribution >= 0.6 is 15.8 Å². The van der Waals surface area contributed by atoms with Crippen molar-refractivity contribution in [2.45, 2.75) is 65.0 Å². The van der Waals surface area contributed by atoms with E-state index in [-0.39, 0.29) is 17.4 Å². The number of allylic oxidation sites excluding steroid dienone is 4. The molecule has 0 aromatic heterocycles. The van der Waals surface area contributed by atoms with E-state index in [1.807, 2.05) is 64.1 Å². The molecule has 14 heteroatoms. The zero-order valence-corrected chi connectivity index (χ0v) is 30.5. The fraction of sp³-hybridized carbons (Fsp3) is 0.256. The van der Waals surface area contributed by atoms with E-state index in [1.165, 1.54) is 12.2 Å². The van der Waals surface area contributed by atoms with Gasteiger partial charge in [-0.1, -0.05) is 83.8 Å². The van der Waals surface area contributed by atoms with Gasteiger partial charge in [-0.2, -0.15) is 52.7 Å². The molecular weight excluding hydrogens is 758 g/mol. The minimum atomic E-state index is -5.33. The highest BCUT2D eigenvalue weighted by Gasteiger charge is 2.43. The number of rotatable bonds is 7. The Balaban J connectivity index is 1.81. The monoisotopic (exact) mass is 789 g/mol. The molecule has 0 N–H and O–H groups in total. The Morgan fingerprint density at radius 1 is 0.434 bits per heavy atom. The van der Waals surface area contributed by atoms with E-state index in [1.54, 1.807) is 13.0 Å². The van der Waals surface area contributed by atoms with E-state index < -0.39 is 79.1 Å². The lowest BCUT2D eigenvalue weighted by atomic mass is 10.1. The molecule has 4 aromatic rings. The molecule has 53 heavy (non-hydrogen) atoms. The van der Waals surface area contributed by atoms with E-state index in [0.29, 0.717) is 30.2 Å². The normalized spacial score (nSPS) is 15.1. The summed E-state index contributed by atoms with van der Waals surface area (Å²) in [6, 6.07) is 13.0. The standard InChI is InChI=1S/C39H31F12P2/c1-21-9-22(2)12-30(11-21)52(31-13-23(3)10-24(4)14-31)25(5)34-7-6-8-35(34)53(32-17-26(36(40,41)42)15-27(18-32)37(43,44)45)33-19-28(38(46,47)48)16-29(20-33)39(49,50)51/h6-20,25H,1-5H3/t25-/m0/s1. The second-order valence-electron chi connectivity index (χ2n) is 13.0. The van der Waals surface area contributed by atoms with Crippen molar-refractivity contribution in [2.75, 3.05) is 0 Å².